The predicted octanol–water partition coefficient (Wildman–Crippen LogP) is 1.45. The lowest BCUT2D eigenvalue weighted by molar-refractivity contribution is -0.123. The summed E-state index contributed by atoms with van der Waals surface area (Å²) in [5.41, 5.74) is -0.218. The summed E-state index contributed by atoms with van der Waals surface area (Å²) in [5, 5.41) is 3.17. The van der Waals surface area contributed by atoms with Crippen molar-refractivity contribution in [1.29, 1.82) is 0 Å². The van der Waals surface area contributed by atoms with Gasteiger partial charge in [0.1, 0.15) is 6.54 Å². The van der Waals surface area contributed by atoms with Gasteiger partial charge in [-0.1, -0.05) is 0 Å². The third-order valence-electron chi connectivity index (χ3n) is 1.49. The zero-order chi connectivity index (χ0) is 10.8. The Morgan fingerprint density at radius 3 is 2.71 bits per heavy atom. The van der Waals surface area contributed by atoms with Crippen molar-refractivity contribution in [2.45, 2.75) is 32.9 Å². The molecule has 0 spiro atoms. The molecular formula is C9H14ClN3O. The zero-order valence-electron chi connectivity index (χ0n) is 8.54. The Hall–Kier alpha value is -1.03. The Labute approximate surface area is 88.3 Å². The number of aromatic nitrogens is 2. The van der Waals surface area contributed by atoms with Crippen molar-refractivity contribution in [2.24, 2.45) is 0 Å². The van der Waals surface area contributed by atoms with Crippen molar-refractivity contribution in [3.63, 3.8) is 0 Å². The van der Waals surface area contributed by atoms with Crippen LogP contribution < -0.4 is 5.32 Å². The second-order valence-electron chi connectivity index (χ2n) is 4.12. The minimum absolute atomic E-state index is 0.0719. The summed E-state index contributed by atoms with van der Waals surface area (Å²) in [6, 6.07) is 0. The highest BCUT2D eigenvalue weighted by atomic mass is 35.5. The minimum Gasteiger partial charge on any atom is -0.350 e. The van der Waals surface area contributed by atoms with Gasteiger partial charge in [-0.15, -0.1) is 0 Å². The fourth-order valence-electron chi connectivity index (χ4n) is 1.04. The number of halogens is 1. The molecule has 4 nitrogen and oxygen atoms in total. The van der Waals surface area contributed by atoms with Gasteiger partial charge in [-0.05, 0) is 32.4 Å². The first-order valence-electron chi connectivity index (χ1n) is 4.36. The van der Waals surface area contributed by atoms with E-state index in [1.165, 1.54) is 0 Å². The van der Waals surface area contributed by atoms with Crippen molar-refractivity contribution in [1.82, 2.24) is 14.9 Å². The fraction of sp³-hybridized carbons (Fsp3) is 0.556. The van der Waals surface area contributed by atoms with E-state index in [1.54, 1.807) is 17.0 Å². The number of nitrogens with one attached hydrogen (secondary N) is 1. The predicted molar refractivity (Wildman–Crippen MR) is 55.1 cm³/mol. The first-order chi connectivity index (χ1) is 6.38. The van der Waals surface area contributed by atoms with E-state index in [2.05, 4.69) is 10.3 Å². The van der Waals surface area contributed by atoms with Gasteiger partial charge in [0.25, 0.3) is 0 Å². The molecule has 1 rings (SSSR count). The molecule has 0 aromatic carbocycles. The van der Waals surface area contributed by atoms with Gasteiger partial charge in [0.05, 0.1) is 0 Å². The highest BCUT2D eigenvalue weighted by molar-refractivity contribution is 6.28. The van der Waals surface area contributed by atoms with Gasteiger partial charge in [-0.3, -0.25) is 4.79 Å². The van der Waals surface area contributed by atoms with E-state index in [4.69, 9.17) is 11.6 Å². The summed E-state index contributed by atoms with van der Waals surface area (Å²) in [6.45, 7) is 6.00. The van der Waals surface area contributed by atoms with Crippen LogP contribution in [0.1, 0.15) is 20.8 Å². The molecule has 0 saturated carbocycles. The van der Waals surface area contributed by atoms with Crippen molar-refractivity contribution < 1.29 is 4.79 Å². The van der Waals surface area contributed by atoms with E-state index in [0.29, 0.717) is 5.28 Å². The third-order valence-corrected chi connectivity index (χ3v) is 1.81. The molecule has 14 heavy (non-hydrogen) atoms. The van der Waals surface area contributed by atoms with Gasteiger partial charge in [-0.2, -0.15) is 0 Å². The maximum atomic E-state index is 11.5. The van der Waals surface area contributed by atoms with E-state index in [-0.39, 0.29) is 18.0 Å². The average molecular weight is 216 g/mol. The number of hydrogen-bond donors (Lipinski definition) is 1. The Kier molecular flexibility index (Phi) is 3.16. The molecule has 0 aliphatic rings. The van der Waals surface area contributed by atoms with Crippen molar-refractivity contribution in [3.05, 3.63) is 17.7 Å². The molecule has 1 aromatic rings. The van der Waals surface area contributed by atoms with Gasteiger partial charge in [0, 0.05) is 17.9 Å². The summed E-state index contributed by atoms with van der Waals surface area (Å²) in [4.78, 5) is 15.3. The summed E-state index contributed by atoms with van der Waals surface area (Å²) < 4.78 is 1.59. The van der Waals surface area contributed by atoms with Gasteiger partial charge in [0.2, 0.25) is 11.2 Å². The number of nitrogens with zero attached hydrogens (tertiary/aromatic N) is 2. The van der Waals surface area contributed by atoms with Gasteiger partial charge < -0.3 is 9.88 Å². The molecule has 5 heteroatoms. The Morgan fingerprint density at radius 2 is 2.29 bits per heavy atom. The van der Waals surface area contributed by atoms with Crippen LogP contribution in [0, 0.1) is 0 Å². The maximum absolute atomic E-state index is 11.5. The van der Waals surface area contributed by atoms with E-state index in [1.807, 2.05) is 20.8 Å². The minimum atomic E-state index is -0.218. The molecule has 1 heterocycles. The molecule has 0 saturated heterocycles. The van der Waals surface area contributed by atoms with Crippen LogP contribution in [0.15, 0.2) is 12.4 Å². The molecule has 0 bridgehead atoms. The number of hydrogen-bond acceptors (Lipinski definition) is 2. The van der Waals surface area contributed by atoms with Crippen LogP contribution >= 0.6 is 11.6 Å². The Balaban J connectivity index is 2.54. The topological polar surface area (TPSA) is 46.9 Å². The molecule has 0 fully saturated rings. The Morgan fingerprint density at radius 1 is 1.64 bits per heavy atom. The second kappa shape index (κ2) is 4.00. The normalized spacial score (nSPS) is 11.4. The molecule has 0 aliphatic heterocycles. The molecule has 1 N–H and O–H groups in total. The van der Waals surface area contributed by atoms with E-state index >= 15 is 0 Å². The van der Waals surface area contributed by atoms with Crippen LogP contribution in [0.3, 0.4) is 0 Å². The van der Waals surface area contributed by atoms with Crippen LogP contribution in [-0.2, 0) is 11.3 Å². The lowest BCUT2D eigenvalue weighted by atomic mass is 10.1. The maximum Gasteiger partial charge on any atom is 0.240 e. The average Bonchev–Trinajstić information content (AvgIpc) is 2.32. The van der Waals surface area contributed by atoms with Crippen molar-refractivity contribution in [3.8, 4) is 0 Å². The first kappa shape index (κ1) is 11.0. The SMILES string of the molecule is CC(C)(C)NC(=O)Cn1ccnc1Cl. The number of carbonyl (C=O) groups excluding carboxylic acids is 1. The first-order valence-corrected chi connectivity index (χ1v) is 4.74. The second-order valence-corrected chi connectivity index (χ2v) is 4.46. The van der Waals surface area contributed by atoms with Gasteiger partial charge >= 0.3 is 0 Å². The lowest BCUT2D eigenvalue weighted by Crippen LogP contribution is -2.42. The zero-order valence-corrected chi connectivity index (χ0v) is 9.30. The summed E-state index contributed by atoms with van der Waals surface area (Å²) in [7, 11) is 0. The van der Waals surface area contributed by atoms with E-state index in [0.717, 1.165) is 0 Å². The third kappa shape index (κ3) is 3.38. The van der Waals surface area contributed by atoms with Gasteiger partial charge in [-0.25, -0.2) is 4.98 Å². The highest BCUT2D eigenvalue weighted by Gasteiger charge is 2.14. The van der Waals surface area contributed by atoms with E-state index < -0.39 is 0 Å². The van der Waals surface area contributed by atoms with Crippen LogP contribution in [0.25, 0.3) is 0 Å². The van der Waals surface area contributed by atoms with Crippen LogP contribution in [0.4, 0.5) is 0 Å². The molecule has 0 radical (unpaired) electrons. The number of rotatable bonds is 2. The van der Waals surface area contributed by atoms with Crippen LogP contribution in [-0.4, -0.2) is 21.0 Å². The van der Waals surface area contributed by atoms with Crippen molar-refractivity contribution in [2.75, 3.05) is 0 Å². The molecule has 0 atom stereocenters. The lowest BCUT2D eigenvalue weighted by Gasteiger charge is -2.20. The number of amides is 1. The molecule has 0 unspecified atom stereocenters. The number of carbonyl (C=O) groups is 1. The monoisotopic (exact) mass is 215 g/mol. The van der Waals surface area contributed by atoms with Crippen LogP contribution in [0.5, 0.6) is 0 Å². The van der Waals surface area contributed by atoms with Crippen molar-refractivity contribution >= 4 is 17.5 Å². The highest BCUT2D eigenvalue weighted by Crippen LogP contribution is 2.05. The summed E-state index contributed by atoms with van der Waals surface area (Å²) in [6.07, 6.45) is 3.23. The molecule has 0 aliphatic carbocycles. The molecule has 1 aromatic heterocycles. The summed E-state index contributed by atoms with van der Waals surface area (Å²) >= 11 is 5.73. The van der Waals surface area contributed by atoms with Gasteiger partial charge in [0.15, 0.2) is 0 Å². The molecule has 1 amide bonds. The Bertz CT molecular complexity index is 327. The smallest absolute Gasteiger partial charge is 0.240 e. The fourth-order valence-corrected chi connectivity index (χ4v) is 1.21. The standard InChI is InChI=1S/C9H14ClN3O/c1-9(2,3)12-7(14)6-13-5-4-11-8(13)10/h4-5H,6H2,1-3H3,(H,12,14). The molecular weight excluding hydrogens is 202 g/mol. The molecule has 78 valence electrons. The van der Waals surface area contributed by atoms with Crippen LogP contribution in [0.2, 0.25) is 5.28 Å². The summed E-state index contributed by atoms with van der Waals surface area (Å²) in [5.74, 6) is -0.0719. The quantitative estimate of drug-likeness (QED) is 0.812. The van der Waals surface area contributed by atoms with E-state index in [9.17, 15) is 4.79 Å². The largest absolute Gasteiger partial charge is 0.350 e. The number of imidazole rings is 1.